The molecule has 0 unspecified atom stereocenters. The van der Waals surface area contributed by atoms with Crippen LogP contribution in [0, 0.1) is 0 Å². The predicted octanol–water partition coefficient (Wildman–Crippen LogP) is 1.70. The van der Waals surface area contributed by atoms with Gasteiger partial charge in [0, 0.05) is 38.3 Å². The molecule has 2 rings (SSSR count). The summed E-state index contributed by atoms with van der Waals surface area (Å²) < 4.78 is 0. The van der Waals surface area contributed by atoms with E-state index in [1.165, 1.54) is 0 Å². The number of nitrogens with zero attached hydrogens (tertiary/aromatic N) is 1. The Morgan fingerprint density at radius 2 is 2.18 bits per heavy atom. The van der Waals surface area contributed by atoms with Gasteiger partial charge in [-0.1, -0.05) is 12.1 Å². The average Bonchev–Trinajstić information content (AvgIpc) is 2.50. The van der Waals surface area contributed by atoms with Crippen LogP contribution in [0.2, 0.25) is 0 Å². The van der Waals surface area contributed by atoms with Crippen molar-refractivity contribution in [3.63, 3.8) is 0 Å². The van der Waals surface area contributed by atoms with E-state index in [1.807, 2.05) is 29.2 Å². The van der Waals surface area contributed by atoms with Crippen molar-refractivity contribution in [1.82, 2.24) is 10.2 Å². The molecule has 0 aliphatic carbocycles. The highest BCUT2D eigenvalue weighted by Crippen LogP contribution is 2.17. The molecule has 120 valence electrons. The van der Waals surface area contributed by atoms with E-state index >= 15 is 0 Å². The fraction of sp³-hybridized carbons (Fsp3) is 0.500. The molecule has 0 bridgehead atoms. The van der Waals surface area contributed by atoms with Crippen molar-refractivity contribution in [2.45, 2.75) is 32.2 Å². The first-order valence-electron chi connectivity index (χ1n) is 7.71. The number of hydrogen-bond acceptors (Lipinski definition) is 3. The van der Waals surface area contributed by atoms with Gasteiger partial charge in [0.2, 0.25) is 5.91 Å². The highest BCUT2D eigenvalue weighted by Gasteiger charge is 2.17. The van der Waals surface area contributed by atoms with Gasteiger partial charge >= 0.3 is 6.03 Å². The molecule has 0 aromatic heterocycles. The number of rotatable bonds is 6. The second kappa shape index (κ2) is 8.38. The standard InChI is InChI=1S/C16H23N3O3/c20-10-4-8-17-16(22)18-14-6-3-5-13(11-14)12-19-9-2-1-7-15(19)21/h3,5-6,11,20H,1-2,4,7-10,12H2,(H2,17,18,22). The summed E-state index contributed by atoms with van der Waals surface area (Å²) in [7, 11) is 0. The minimum atomic E-state index is -0.292. The van der Waals surface area contributed by atoms with Crippen molar-refractivity contribution >= 4 is 17.6 Å². The van der Waals surface area contributed by atoms with Crippen LogP contribution in [-0.4, -0.2) is 41.6 Å². The third-order valence-corrected chi connectivity index (χ3v) is 3.60. The van der Waals surface area contributed by atoms with Crippen LogP contribution in [0.4, 0.5) is 10.5 Å². The highest BCUT2D eigenvalue weighted by atomic mass is 16.3. The molecule has 6 heteroatoms. The number of benzene rings is 1. The third kappa shape index (κ3) is 5.04. The molecule has 1 saturated heterocycles. The maximum atomic E-state index is 11.8. The van der Waals surface area contributed by atoms with Gasteiger partial charge in [-0.25, -0.2) is 4.79 Å². The number of aliphatic hydroxyl groups is 1. The molecule has 0 saturated carbocycles. The van der Waals surface area contributed by atoms with Crippen molar-refractivity contribution in [3.8, 4) is 0 Å². The Kier molecular flexibility index (Phi) is 6.21. The molecular weight excluding hydrogens is 282 g/mol. The van der Waals surface area contributed by atoms with Crippen LogP contribution < -0.4 is 10.6 Å². The van der Waals surface area contributed by atoms with Gasteiger partial charge in [-0.3, -0.25) is 4.79 Å². The lowest BCUT2D eigenvalue weighted by Crippen LogP contribution is -2.34. The van der Waals surface area contributed by atoms with Crippen LogP contribution in [0.15, 0.2) is 24.3 Å². The van der Waals surface area contributed by atoms with E-state index < -0.39 is 0 Å². The number of piperidine rings is 1. The van der Waals surface area contributed by atoms with Crippen molar-refractivity contribution in [3.05, 3.63) is 29.8 Å². The number of likely N-dealkylation sites (tertiary alicyclic amines) is 1. The molecule has 1 heterocycles. The number of carbonyl (C=O) groups is 2. The predicted molar refractivity (Wildman–Crippen MR) is 84.4 cm³/mol. The van der Waals surface area contributed by atoms with Crippen LogP contribution in [0.3, 0.4) is 0 Å². The maximum absolute atomic E-state index is 11.8. The van der Waals surface area contributed by atoms with Gasteiger partial charge in [-0.05, 0) is 37.0 Å². The van der Waals surface area contributed by atoms with E-state index in [1.54, 1.807) is 0 Å². The van der Waals surface area contributed by atoms with Gasteiger partial charge in [-0.2, -0.15) is 0 Å². The summed E-state index contributed by atoms with van der Waals surface area (Å²) in [6.07, 6.45) is 3.19. The van der Waals surface area contributed by atoms with E-state index in [9.17, 15) is 9.59 Å². The van der Waals surface area contributed by atoms with Crippen molar-refractivity contribution in [2.24, 2.45) is 0 Å². The van der Waals surface area contributed by atoms with E-state index in [0.717, 1.165) is 24.9 Å². The quantitative estimate of drug-likeness (QED) is 0.700. The Morgan fingerprint density at radius 3 is 2.95 bits per heavy atom. The molecule has 0 spiro atoms. The molecule has 1 aromatic carbocycles. The second-order valence-corrected chi connectivity index (χ2v) is 5.43. The first-order chi connectivity index (χ1) is 10.7. The van der Waals surface area contributed by atoms with Crippen LogP contribution in [0.25, 0.3) is 0 Å². The lowest BCUT2D eigenvalue weighted by Gasteiger charge is -2.26. The first kappa shape index (κ1) is 16.3. The van der Waals surface area contributed by atoms with E-state index in [-0.39, 0.29) is 18.5 Å². The molecule has 3 N–H and O–H groups in total. The van der Waals surface area contributed by atoms with Crippen molar-refractivity contribution in [1.29, 1.82) is 0 Å². The highest BCUT2D eigenvalue weighted by molar-refractivity contribution is 5.89. The summed E-state index contributed by atoms with van der Waals surface area (Å²) >= 11 is 0. The van der Waals surface area contributed by atoms with Crippen LogP contribution in [0.5, 0.6) is 0 Å². The molecule has 1 aliphatic heterocycles. The van der Waals surface area contributed by atoms with Gasteiger partial charge in [0.05, 0.1) is 0 Å². The average molecular weight is 305 g/mol. The number of amides is 3. The second-order valence-electron chi connectivity index (χ2n) is 5.43. The molecule has 1 aliphatic rings. The minimum Gasteiger partial charge on any atom is -0.396 e. The maximum Gasteiger partial charge on any atom is 0.319 e. The number of carbonyl (C=O) groups excluding carboxylic acids is 2. The van der Waals surface area contributed by atoms with Crippen molar-refractivity contribution < 1.29 is 14.7 Å². The van der Waals surface area contributed by atoms with Gasteiger partial charge in [0.25, 0.3) is 0 Å². The molecule has 1 aromatic rings. The number of nitrogens with one attached hydrogen (secondary N) is 2. The summed E-state index contributed by atoms with van der Waals surface area (Å²) in [5.74, 6) is 0.200. The van der Waals surface area contributed by atoms with E-state index in [0.29, 0.717) is 31.6 Å². The lowest BCUT2D eigenvalue weighted by atomic mass is 10.1. The SMILES string of the molecule is O=C(NCCCO)Nc1cccc(CN2CCCCC2=O)c1. The monoisotopic (exact) mass is 305 g/mol. The lowest BCUT2D eigenvalue weighted by molar-refractivity contribution is -0.133. The Balaban J connectivity index is 1.89. The van der Waals surface area contributed by atoms with E-state index in [2.05, 4.69) is 10.6 Å². The Bertz CT molecular complexity index is 519. The van der Waals surface area contributed by atoms with Gasteiger partial charge in [0.15, 0.2) is 0 Å². The fourth-order valence-electron chi connectivity index (χ4n) is 2.45. The summed E-state index contributed by atoms with van der Waals surface area (Å²) in [4.78, 5) is 25.4. The minimum absolute atomic E-state index is 0.0552. The zero-order valence-electron chi connectivity index (χ0n) is 12.7. The number of anilines is 1. The largest absolute Gasteiger partial charge is 0.396 e. The van der Waals surface area contributed by atoms with Gasteiger partial charge < -0.3 is 20.6 Å². The molecule has 0 radical (unpaired) electrons. The van der Waals surface area contributed by atoms with Crippen LogP contribution in [0.1, 0.15) is 31.2 Å². The summed E-state index contributed by atoms with van der Waals surface area (Å²) in [6.45, 7) is 1.88. The fourth-order valence-corrected chi connectivity index (χ4v) is 2.45. The number of urea groups is 1. The number of hydrogen-bond donors (Lipinski definition) is 3. The van der Waals surface area contributed by atoms with Crippen LogP contribution >= 0.6 is 0 Å². The Morgan fingerprint density at radius 1 is 1.32 bits per heavy atom. The zero-order chi connectivity index (χ0) is 15.8. The smallest absolute Gasteiger partial charge is 0.319 e. The molecule has 0 atom stereocenters. The van der Waals surface area contributed by atoms with E-state index in [4.69, 9.17) is 5.11 Å². The summed E-state index contributed by atoms with van der Waals surface area (Å²) in [5.41, 5.74) is 1.70. The van der Waals surface area contributed by atoms with Gasteiger partial charge in [0.1, 0.15) is 0 Å². The Labute approximate surface area is 130 Å². The topological polar surface area (TPSA) is 81.7 Å². The Hall–Kier alpha value is -2.08. The summed E-state index contributed by atoms with van der Waals surface area (Å²) in [6, 6.07) is 7.23. The molecular formula is C16H23N3O3. The molecule has 1 fully saturated rings. The molecule has 6 nitrogen and oxygen atoms in total. The van der Waals surface area contributed by atoms with Gasteiger partial charge in [-0.15, -0.1) is 0 Å². The molecule has 22 heavy (non-hydrogen) atoms. The third-order valence-electron chi connectivity index (χ3n) is 3.60. The normalized spacial score (nSPS) is 14.8. The first-order valence-corrected chi connectivity index (χ1v) is 7.71. The summed E-state index contributed by atoms with van der Waals surface area (Å²) in [5, 5.41) is 14.1. The zero-order valence-corrected chi connectivity index (χ0v) is 12.7. The van der Waals surface area contributed by atoms with Crippen molar-refractivity contribution in [2.75, 3.05) is 25.0 Å². The number of aliphatic hydroxyl groups excluding tert-OH is 1. The van der Waals surface area contributed by atoms with Crippen LogP contribution in [-0.2, 0) is 11.3 Å². The molecule has 3 amide bonds.